The lowest BCUT2D eigenvalue weighted by atomic mass is 9.93. The van der Waals surface area contributed by atoms with E-state index >= 15 is 0 Å². The van der Waals surface area contributed by atoms with Crippen LogP contribution in [-0.2, 0) is 20.9 Å². The van der Waals surface area contributed by atoms with Crippen LogP contribution in [0, 0.1) is 5.82 Å². The van der Waals surface area contributed by atoms with Crippen LogP contribution in [0.2, 0.25) is 0 Å². The number of amidine groups is 1. The van der Waals surface area contributed by atoms with E-state index in [1.54, 1.807) is 26.2 Å². The van der Waals surface area contributed by atoms with Gasteiger partial charge in [-0.1, -0.05) is 36.0 Å². The predicted octanol–water partition coefficient (Wildman–Crippen LogP) is 4.29. The molecule has 0 unspecified atom stereocenters. The Balaban J connectivity index is 1.60. The van der Waals surface area contributed by atoms with Crippen molar-refractivity contribution in [1.29, 1.82) is 0 Å². The van der Waals surface area contributed by atoms with E-state index in [1.807, 2.05) is 34.6 Å². The number of thioether (sulfide) groups is 1. The fraction of sp³-hybridized carbons (Fsp3) is 0.240. The molecule has 1 N–H and O–H groups in total. The van der Waals surface area contributed by atoms with Gasteiger partial charge < -0.3 is 19.7 Å². The van der Waals surface area contributed by atoms with Crippen molar-refractivity contribution in [3.05, 3.63) is 87.9 Å². The Kier molecular flexibility index (Phi) is 7.02. The molecule has 7 nitrogen and oxygen atoms in total. The zero-order valence-corrected chi connectivity index (χ0v) is 19.8. The third kappa shape index (κ3) is 4.84. The highest BCUT2D eigenvalue weighted by atomic mass is 32.2. The molecule has 2 aliphatic rings. The van der Waals surface area contributed by atoms with E-state index in [4.69, 9.17) is 9.47 Å². The number of allylic oxidation sites excluding steroid dienone is 1. The minimum Gasteiger partial charge on any atom is -0.497 e. The Morgan fingerprint density at radius 3 is 2.65 bits per heavy atom. The van der Waals surface area contributed by atoms with Crippen LogP contribution >= 0.6 is 11.8 Å². The molecule has 176 valence electrons. The fourth-order valence-electron chi connectivity index (χ4n) is 3.90. The standard InChI is InChI=1S/C25H24FN3O4S/c1-15-22(24(31)33-3)23(17-5-4-6-20(11-17)32-2)29-19(14-34-25(29)28-15)12-21(30)27-13-16-7-9-18(26)10-8-16/h4-11,14,23H,12-13H2,1-3H3,(H,27,30)/t23-/m1/s1. The molecule has 0 radical (unpaired) electrons. The van der Waals surface area contributed by atoms with Crippen molar-refractivity contribution in [2.45, 2.75) is 25.9 Å². The second kappa shape index (κ2) is 10.1. The number of ether oxygens (including phenoxy) is 2. The number of esters is 1. The van der Waals surface area contributed by atoms with Gasteiger partial charge in [0.1, 0.15) is 11.6 Å². The number of fused-ring (bicyclic) bond motifs is 1. The number of nitrogens with zero attached hydrogens (tertiary/aromatic N) is 2. The van der Waals surface area contributed by atoms with Crippen LogP contribution in [0.3, 0.4) is 0 Å². The lowest BCUT2D eigenvalue weighted by Gasteiger charge is -2.36. The number of benzene rings is 2. The number of methoxy groups -OCH3 is 2. The molecule has 0 fully saturated rings. The average Bonchev–Trinajstić information content (AvgIpc) is 3.24. The van der Waals surface area contributed by atoms with Gasteiger partial charge in [0.15, 0.2) is 5.17 Å². The summed E-state index contributed by atoms with van der Waals surface area (Å²) in [6.45, 7) is 2.06. The maximum atomic E-state index is 13.1. The number of aliphatic imine (C=N–C) groups is 1. The molecule has 0 saturated carbocycles. The number of carbonyl (C=O) groups excluding carboxylic acids is 2. The van der Waals surface area contributed by atoms with Gasteiger partial charge in [-0.15, -0.1) is 0 Å². The maximum absolute atomic E-state index is 13.1. The number of halogens is 1. The summed E-state index contributed by atoms with van der Waals surface area (Å²) in [7, 11) is 2.92. The minimum absolute atomic E-state index is 0.0845. The molecule has 2 heterocycles. The first-order valence-corrected chi connectivity index (χ1v) is 11.5. The van der Waals surface area contributed by atoms with Crippen LogP contribution in [0.1, 0.15) is 30.5 Å². The molecule has 2 aromatic carbocycles. The Labute approximate surface area is 201 Å². The van der Waals surface area contributed by atoms with Crippen molar-refractivity contribution < 1.29 is 23.5 Å². The van der Waals surface area contributed by atoms with Gasteiger partial charge in [-0.05, 0) is 47.7 Å². The van der Waals surface area contributed by atoms with Crippen molar-refractivity contribution in [2.24, 2.45) is 4.99 Å². The van der Waals surface area contributed by atoms with E-state index in [1.165, 1.54) is 31.0 Å². The quantitative estimate of drug-likeness (QED) is 0.595. The van der Waals surface area contributed by atoms with E-state index in [0.29, 0.717) is 27.9 Å². The lowest BCUT2D eigenvalue weighted by Crippen LogP contribution is -2.37. The highest BCUT2D eigenvalue weighted by Gasteiger charge is 2.41. The zero-order valence-electron chi connectivity index (χ0n) is 19.0. The van der Waals surface area contributed by atoms with Crippen molar-refractivity contribution in [3.63, 3.8) is 0 Å². The third-order valence-electron chi connectivity index (χ3n) is 5.56. The number of rotatable bonds is 7. The Morgan fingerprint density at radius 1 is 1.18 bits per heavy atom. The summed E-state index contributed by atoms with van der Waals surface area (Å²) in [6.07, 6.45) is 0.0845. The smallest absolute Gasteiger partial charge is 0.338 e. The van der Waals surface area contributed by atoms with Crippen LogP contribution in [0.25, 0.3) is 0 Å². The lowest BCUT2D eigenvalue weighted by molar-refractivity contribution is -0.136. The van der Waals surface area contributed by atoms with Gasteiger partial charge in [-0.3, -0.25) is 4.79 Å². The largest absolute Gasteiger partial charge is 0.497 e. The third-order valence-corrected chi connectivity index (χ3v) is 6.45. The van der Waals surface area contributed by atoms with Crippen LogP contribution in [-0.4, -0.2) is 36.2 Å². The molecule has 0 aliphatic carbocycles. The van der Waals surface area contributed by atoms with E-state index in [2.05, 4.69) is 10.3 Å². The van der Waals surface area contributed by atoms with Crippen LogP contribution in [0.4, 0.5) is 4.39 Å². The van der Waals surface area contributed by atoms with Gasteiger partial charge in [0.2, 0.25) is 5.91 Å². The first-order valence-electron chi connectivity index (χ1n) is 10.6. The molecule has 0 bridgehead atoms. The normalized spacial score (nSPS) is 17.1. The van der Waals surface area contributed by atoms with Crippen molar-refractivity contribution in [2.75, 3.05) is 14.2 Å². The number of amides is 1. The molecular weight excluding hydrogens is 457 g/mol. The molecule has 4 rings (SSSR count). The summed E-state index contributed by atoms with van der Waals surface area (Å²) in [5.41, 5.74) is 3.28. The van der Waals surface area contributed by atoms with E-state index in [9.17, 15) is 14.0 Å². The van der Waals surface area contributed by atoms with Gasteiger partial charge in [0.05, 0.1) is 38.0 Å². The topological polar surface area (TPSA) is 80.2 Å². The fourth-order valence-corrected chi connectivity index (χ4v) is 4.86. The van der Waals surface area contributed by atoms with Gasteiger partial charge >= 0.3 is 5.97 Å². The second-order valence-electron chi connectivity index (χ2n) is 7.74. The minimum atomic E-state index is -0.527. The molecule has 34 heavy (non-hydrogen) atoms. The predicted molar refractivity (Wildman–Crippen MR) is 128 cm³/mol. The number of carbonyl (C=O) groups is 2. The summed E-state index contributed by atoms with van der Waals surface area (Å²) in [5, 5.41) is 5.42. The van der Waals surface area contributed by atoms with Crippen LogP contribution in [0.15, 0.2) is 75.9 Å². The van der Waals surface area contributed by atoms with Crippen molar-refractivity contribution in [3.8, 4) is 5.75 Å². The zero-order chi connectivity index (χ0) is 24.2. The molecule has 2 aliphatic heterocycles. The van der Waals surface area contributed by atoms with Crippen LogP contribution < -0.4 is 10.1 Å². The molecule has 9 heteroatoms. The molecule has 0 aromatic heterocycles. The number of hydrogen-bond acceptors (Lipinski definition) is 7. The Morgan fingerprint density at radius 2 is 1.94 bits per heavy atom. The highest BCUT2D eigenvalue weighted by molar-refractivity contribution is 8.16. The van der Waals surface area contributed by atoms with Crippen molar-refractivity contribution in [1.82, 2.24) is 10.2 Å². The highest BCUT2D eigenvalue weighted by Crippen LogP contribution is 2.45. The summed E-state index contributed by atoms with van der Waals surface area (Å²) >= 11 is 1.40. The summed E-state index contributed by atoms with van der Waals surface area (Å²) < 4.78 is 23.6. The van der Waals surface area contributed by atoms with E-state index < -0.39 is 12.0 Å². The first kappa shape index (κ1) is 23.6. The molecule has 1 amide bonds. The molecular formula is C25H24FN3O4S. The van der Waals surface area contributed by atoms with E-state index in [0.717, 1.165) is 11.1 Å². The Hall–Kier alpha value is -3.59. The maximum Gasteiger partial charge on any atom is 0.338 e. The number of nitrogens with one attached hydrogen (secondary N) is 1. The molecule has 2 aromatic rings. The average molecular weight is 482 g/mol. The van der Waals surface area contributed by atoms with Gasteiger partial charge in [0.25, 0.3) is 0 Å². The van der Waals surface area contributed by atoms with Gasteiger partial charge in [-0.2, -0.15) is 0 Å². The molecule has 0 spiro atoms. The summed E-state index contributed by atoms with van der Waals surface area (Å²) in [4.78, 5) is 32.0. The van der Waals surface area contributed by atoms with Crippen LogP contribution in [0.5, 0.6) is 5.75 Å². The molecule has 0 saturated heterocycles. The first-order chi connectivity index (χ1) is 16.4. The summed E-state index contributed by atoms with van der Waals surface area (Å²) in [5.74, 6) is -0.357. The number of hydrogen-bond donors (Lipinski definition) is 1. The van der Waals surface area contributed by atoms with Gasteiger partial charge in [0, 0.05) is 12.2 Å². The Bertz CT molecular complexity index is 1210. The monoisotopic (exact) mass is 481 g/mol. The van der Waals surface area contributed by atoms with Gasteiger partial charge in [-0.25, -0.2) is 14.2 Å². The van der Waals surface area contributed by atoms with E-state index in [-0.39, 0.29) is 24.7 Å². The SMILES string of the molecule is COC(=O)C1=C(C)N=C2SC=C(CC(=O)NCc3ccc(F)cc3)N2[C@@H]1c1cccc(OC)c1. The molecule has 1 atom stereocenters. The second-order valence-corrected chi connectivity index (χ2v) is 8.58. The van der Waals surface area contributed by atoms with Crippen molar-refractivity contribution >= 4 is 28.8 Å². The summed E-state index contributed by atoms with van der Waals surface area (Å²) in [6, 6.07) is 12.9.